The molecule has 116 valence electrons. The van der Waals surface area contributed by atoms with Crippen molar-refractivity contribution in [3.8, 4) is 0 Å². The van der Waals surface area contributed by atoms with E-state index in [9.17, 15) is 4.79 Å². The lowest BCUT2D eigenvalue weighted by Gasteiger charge is -2.18. The summed E-state index contributed by atoms with van der Waals surface area (Å²) in [5, 5.41) is 0.856. The zero-order chi connectivity index (χ0) is 15.7. The van der Waals surface area contributed by atoms with Gasteiger partial charge in [-0.2, -0.15) is 0 Å². The SMILES string of the molecule is Cc1c[nH]c(CN2CC[C@@H](c3ccccc3Cl)C2)c(C)c1=O. The number of rotatable bonds is 3. The average molecular weight is 317 g/mol. The quantitative estimate of drug-likeness (QED) is 0.938. The molecule has 0 saturated carbocycles. The second-order valence-electron chi connectivity index (χ2n) is 6.15. The van der Waals surface area contributed by atoms with Crippen LogP contribution in [0.1, 0.15) is 34.7 Å². The molecule has 3 rings (SSSR count). The Morgan fingerprint density at radius 2 is 2.09 bits per heavy atom. The standard InChI is InChI=1S/C18H21ClN2O/c1-12-9-20-17(13(2)18(12)22)11-21-8-7-14(10-21)15-5-3-4-6-16(15)19/h3-6,9,14H,7-8,10-11H2,1-2H3,(H,20,22)/t14-/m1/s1. The summed E-state index contributed by atoms with van der Waals surface area (Å²) in [5.41, 5.74) is 4.02. The lowest BCUT2D eigenvalue weighted by atomic mass is 9.98. The van der Waals surface area contributed by atoms with Gasteiger partial charge in [0.1, 0.15) is 0 Å². The first kappa shape index (κ1) is 15.3. The molecule has 1 fully saturated rings. The molecule has 1 saturated heterocycles. The predicted octanol–water partition coefficient (Wildman–Crippen LogP) is 3.63. The van der Waals surface area contributed by atoms with Crippen LogP contribution in [0.2, 0.25) is 5.02 Å². The Kier molecular flexibility index (Phi) is 4.37. The first-order chi connectivity index (χ1) is 10.6. The zero-order valence-electron chi connectivity index (χ0n) is 13.0. The van der Waals surface area contributed by atoms with Crippen LogP contribution in [0.3, 0.4) is 0 Å². The highest BCUT2D eigenvalue weighted by atomic mass is 35.5. The van der Waals surface area contributed by atoms with Crippen LogP contribution in [0, 0.1) is 13.8 Å². The summed E-state index contributed by atoms with van der Waals surface area (Å²) in [7, 11) is 0. The van der Waals surface area contributed by atoms with Crippen LogP contribution in [0.4, 0.5) is 0 Å². The smallest absolute Gasteiger partial charge is 0.187 e. The van der Waals surface area contributed by atoms with E-state index in [1.54, 1.807) is 0 Å². The number of pyridine rings is 1. The molecule has 1 N–H and O–H groups in total. The number of H-pyrrole nitrogens is 1. The van der Waals surface area contributed by atoms with E-state index in [-0.39, 0.29) is 5.43 Å². The van der Waals surface area contributed by atoms with Crippen LogP contribution < -0.4 is 5.43 Å². The van der Waals surface area contributed by atoms with E-state index >= 15 is 0 Å². The molecule has 22 heavy (non-hydrogen) atoms. The summed E-state index contributed by atoms with van der Waals surface area (Å²) < 4.78 is 0. The third kappa shape index (κ3) is 2.96. The first-order valence-corrected chi connectivity index (χ1v) is 8.08. The summed E-state index contributed by atoms with van der Waals surface area (Å²) in [6.45, 7) is 6.56. The normalized spacial score (nSPS) is 18.8. The Balaban J connectivity index is 1.73. The number of aromatic amines is 1. The number of nitrogens with zero attached hydrogens (tertiary/aromatic N) is 1. The maximum absolute atomic E-state index is 12.0. The summed E-state index contributed by atoms with van der Waals surface area (Å²) in [6, 6.07) is 8.10. The van der Waals surface area contributed by atoms with Crippen molar-refractivity contribution in [1.82, 2.24) is 9.88 Å². The molecule has 0 aliphatic carbocycles. The number of aryl methyl sites for hydroxylation is 1. The maximum Gasteiger partial charge on any atom is 0.187 e. The zero-order valence-corrected chi connectivity index (χ0v) is 13.8. The van der Waals surface area contributed by atoms with Crippen molar-refractivity contribution in [2.75, 3.05) is 13.1 Å². The lowest BCUT2D eigenvalue weighted by Crippen LogP contribution is -2.23. The van der Waals surface area contributed by atoms with Crippen LogP contribution in [-0.2, 0) is 6.54 Å². The van der Waals surface area contributed by atoms with Gasteiger partial charge < -0.3 is 4.98 Å². The second kappa shape index (κ2) is 6.27. The van der Waals surface area contributed by atoms with Crippen molar-refractivity contribution in [2.45, 2.75) is 32.7 Å². The molecule has 1 aliphatic heterocycles. The number of nitrogens with one attached hydrogen (secondary N) is 1. The summed E-state index contributed by atoms with van der Waals surface area (Å²) in [4.78, 5) is 17.7. The van der Waals surface area contributed by atoms with Crippen molar-refractivity contribution in [3.63, 3.8) is 0 Å². The Labute approximate surface area is 135 Å². The number of likely N-dealkylation sites (tertiary alicyclic amines) is 1. The van der Waals surface area contributed by atoms with Crippen molar-refractivity contribution in [3.05, 3.63) is 68.1 Å². The van der Waals surface area contributed by atoms with Crippen LogP contribution in [0.5, 0.6) is 0 Å². The largest absolute Gasteiger partial charge is 0.363 e. The molecule has 3 nitrogen and oxygen atoms in total. The van der Waals surface area contributed by atoms with Gasteiger partial charge in [-0.05, 0) is 44.4 Å². The molecule has 0 amide bonds. The number of aromatic nitrogens is 1. The predicted molar refractivity (Wildman–Crippen MR) is 90.6 cm³/mol. The van der Waals surface area contributed by atoms with E-state index in [0.29, 0.717) is 5.92 Å². The molecule has 0 spiro atoms. The van der Waals surface area contributed by atoms with Crippen LogP contribution in [0.15, 0.2) is 35.3 Å². The van der Waals surface area contributed by atoms with E-state index in [2.05, 4.69) is 16.0 Å². The van der Waals surface area contributed by atoms with Gasteiger partial charge >= 0.3 is 0 Å². The minimum atomic E-state index is 0.149. The van der Waals surface area contributed by atoms with Crippen LogP contribution in [-0.4, -0.2) is 23.0 Å². The molecule has 2 heterocycles. The van der Waals surface area contributed by atoms with E-state index in [4.69, 9.17) is 11.6 Å². The van der Waals surface area contributed by atoms with Gasteiger partial charge in [0.05, 0.1) is 0 Å². The lowest BCUT2D eigenvalue weighted by molar-refractivity contribution is 0.322. The van der Waals surface area contributed by atoms with Crippen LogP contribution >= 0.6 is 11.6 Å². The Morgan fingerprint density at radius 3 is 2.86 bits per heavy atom. The van der Waals surface area contributed by atoms with Gasteiger partial charge in [0.15, 0.2) is 5.43 Å². The van der Waals surface area contributed by atoms with Gasteiger partial charge in [0.25, 0.3) is 0 Å². The molecule has 1 aromatic heterocycles. The maximum atomic E-state index is 12.0. The molecule has 2 aromatic rings. The molecule has 1 aromatic carbocycles. The van der Waals surface area contributed by atoms with Gasteiger partial charge in [-0.25, -0.2) is 0 Å². The van der Waals surface area contributed by atoms with E-state index < -0.39 is 0 Å². The molecular weight excluding hydrogens is 296 g/mol. The topological polar surface area (TPSA) is 36.1 Å². The molecule has 1 aliphatic rings. The fourth-order valence-corrected chi connectivity index (χ4v) is 3.52. The molecule has 0 bridgehead atoms. The number of hydrogen-bond acceptors (Lipinski definition) is 2. The highest BCUT2D eigenvalue weighted by molar-refractivity contribution is 6.31. The van der Waals surface area contributed by atoms with Crippen LogP contribution in [0.25, 0.3) is 0 Å². The molecular formula is C18H21ClN2O. The van der Waals surface area contributed by atoms with Gasteiger partial charge in [-0.15, -0.1) is 0 Å². The monoisotopic (exact) mass is 316 g/mol. The van der Waals surface area contributed by atoms with Gasteiger partial charge in [-0.1, -0.05) is 29.8 Å². The average Bonchev–Trinajstić information content (AvgIpc) is 2.97. The third-order valence-corrected chi connectivity index (χ3v) is 4.96. The van der Waals surface area contributed by atoms with Gasteiger partial charge in [0, 0.05) is 41.1 Å². The molecule has 0 radical (unpaired) electrons. The minimum Gasteiger partial charge on any atom is -0.363 e. The van der Waals surface area contributed by atoms with E-state index in [0.717, 1.165) is 47.9 Å². The van der Waals surface area contributed by atoms with E-state index in [1.165, 1.54) is 5.56 Å². The Morgan fingerprint density at radius 1 is 1.32 bits per heavy atom. The Hall–Kier alpha value is -1.58. The summed E-state index contributed by atoms with van der Waals surface area (Å²) >= 11 is 6.31. The first-order valence-electron chi connectivity index (χ1n) is 7.71. The fraction of sp³-hybridized carbons (Fsp3) is 0.389. The van der Waals surface area contributed by atoms with Crippen molar-refractivity contribution < 1.29 is 0 Å². The highest BCUT2D eigenvalue weighted by Crippen LogP contribution is 2.32. The third-order valence-electron chi connectivity index (χ3n) is 4.61. The summed E-state index contributed by atoms with van der Waals surface area (Å²) in [5.74, 6) is 0.478. The highest BCUT2D eigenvalue weighted by Gasteiger charge is 2.25. The second-order valence-corrected chi connectivity index (χ2v) is 6.55. The molecule has 4 heteroatoms. The van der Waals surface area contributed by atoms with Crippen molar-refractivity contribution >= 4 is 11.6 Å². The van der Waals surface area contributed by atoms with Crippen molar-refractivity contribution in [1.29, 1.82) is 0 Å². The molecule has 1 atom stereocenters. The Bertz CT molecular complexity index is 738. The number of hydrogen-bond donors (Lipinski definition) is 1. The number of halogens is 1. The molecule has 0 unspecified atom stereocenters. The minimum absolute atomic E-state index is 0.149. The van der Waals surface area contributed by atoms with Gasteiger partial charge in [0.2, 0.25) is 0 Å². The van der Waals surface area contributed by atoms with Gasteiger partial charge in [-0.3, -0.25) is 9.69 Å². The van der Waals surface area contributed by atoms with E-state index in [1.807, 2.05) is 38.2 Å². The fourth-order valence-electron chi connectivity index (χ4n) is 3.23. The number of benzene rings is 1. The van der Waals surface area contributed by atoms with Crippen molar-refractivity contribution in [2.24, 2.45) is 0 Å². The summed E-state index contributed by atoms with van der Waals surface area (Å²) in [6.07, 6.45) is 2.92.